The summed E-state index contributed by atoms with van der Waals surface area (Å²) in [5.41, 5.74) is 0. The van der Waals surface area contributed by atoms with E-state index in [1.54, 1.807) is 0 Å². The van der Waals surface area contributed by atoms with Crippen LogP contribution in [0.3, 0.4) is 0 Å². The van der Waals surface area contributed by atoms with Crippen molar-refractivity contribution in [2.24, 2.45) is 0 Å². The van der Waals surface area contributed by atoms with Crippen LogP contribution in [-0.4, -0.2) is 5.78 Å². The predicted molar refractivity (Wildman–Crippen MR) is 52.0 cm³/mol. The molecule has 0 radical (unpaired) electrons. The molecular weight excluding hydrogens is 225 g/mol. The molecule has 0 spiro atoms. The molecule has 0 saturated heterocycles. The van der Waals surface area contributed by atoms with Crippen molar-refractivity contribution in [1.29, 1.82) is 0 Å². The van der Waals surface area contributed by atoms with Crippen LogP contribution in [-0.2, 0) is 37.5 Å². The van der Waals surface area contributed by atoms with Gasteiger partial charge in [-0.25, -0.2) is 0 Å². The molecule has 2 heteroatoms. The maximum Gasteiger partial charge on any atom is 3.00 e. The van der Waals surface area contributed by atoms with Crippen molar-refractivity contribution in [3.63, 3.8) is 0 Å². The quantitative estimate of drug-likeness (QED) is 0.683. The van der Waals surface area contributed by atoms with Gasteiger partial charge in [-0.2, -0.15) is 12.8 Å². The van der Waals surface area contributed by atoms with Gasteiger partial charge in [0.1, 0.15) is 0 Å². The molecule has 0 unspecified atom stereocenters. The molecule has 0 amide bonds. The number of carbonyl (C=O) groups is 1. The Hall–Kier alpha value is 0.644. The maximum atomic E-state index is 9.33. The Bertz CT molecular complexity index is 56.9. The van der Waals surface area contributed by atoms with Crippen molar-refractivity contribution in [3.05, 3.63) is 20.8 Å². The number of hydrogen-bond acceptors (Lipinski definition) is 1. The van der Waals surface area contributed by atoms with Gasteiger partial charge in [0.25, 0.3) is 0 Å². The van der Waals surface area contributed by atoms with Crippen molar-refractivity contribution in [2.45, 2.75) is 40.0 Å². The molecule has 0 rings (SSSR count). The average Bonchev–Trinajstić information content (AvgIpc) is 1.93. The first kappa shape index (κ1) is 22.9. The zero-order valence-electron chi connectivity index (χ0n) is 8.73. The molecule has 0 aromatic rings. The molecule has 0 heterocycles. The number of hydrogen-bond donors (Lipinski definition) is 0. The van der Waals surface area contributed by atoms with Crippen LogP contribution < -0.4 is 0 Å². The van der Waals surface area contributed by atoms with Crippen LogP contribution in [0.1, 0.15) is 40.0 Å². The normalized spacial score (nSPS) is 6.08. The fraction of sp³-hybridized carbons (Fsp3) is 0.600. The summed E-state index contributed by atoms with van der Waals surface area (Å²) in [6.07, 6.45) is 3.23. The summed E-state index contributed by atoms with van der Waals surface area (Å²) in [5.74, 6) is -0.0833. The summed E-state index contributed by atoms with van der Waals surface area (Å²) in [5, 5.41) is 0. The Balaban J connectivity index is -0.0000000419. The molecule has 70 valence electrons. The summed E-state index contributed by atoms with van der Waals surface area (Å²) in [7, 11) is 0. The zero-order chi connectivity index (χ0) is 9.70. The van der Waals surface area contributed by atoms with Crippen molar-refractivity contribution in [1.82, 2.24) is 0 Å². The molecule has 1 nitrogen and oxygen atoms in total. The number of unbranched alkanes of at least 4 members (excludes halogenated alkanes) is 2. The van der Waals surface area contributed by atoms with E-state index in [1.165, 1.54) is 13.3 Å². The van der Waals surface area contributed by atoms with E-state index in [-0.39, 0.29) is 38.5 Å². The van der Waals surface area contributed by atoms with E-state index in [1.807, 2.05) is 13.8 Å². The van der Waals surface area contributed by atoms with Crippen molar-refractivity contribution < 1.29 is 37.5 Å². The fourth-order valence-corrected chi connectivity index (χ4v) is 0.177. The number of ketones is 1. The SMILES string of the molecule is CC.[CH2-]C(C)=O.[CH2-]CCC[CH2-].[Y+3]. The Morgan fingerprint density at radius 3 is 1.33 bits per heavy atom. The van der Waals surface area contributed by atoms with Gasteiger partial charge in [0, 0.05) is 0 Å². The molecule has 0 aliphatic heterocycles. The third-order valence-corrected chi connectivity index (χ3v) is 0.500. The topological polar surface area (TPSA) is 17.1 Å². The summed E-state index contributed by atoms with van der Waals surface area (Å²) < 4.78 is 0. The Labute approximate surface area is 104 Å². The van der Waals surface area contributed by atoms with Gasteiger partial charge in [0.2, 0.25) is 0 Å². The minimum absolute atomic E-state index is 0. The summed E-state index contributed by atoms with van der Waals surface area (Å²) in [6.45, 7) is 15.7. The summed E-state index contributed by atoms with van der Waals surface area (Å²) in [4.78, 5) is 9.33. The first-order valence-electron chi connectivity index (χ1n) is 4.06. The first-order valence-corrected chi connectivity index (χ1v) is 4.06. The fourth-order valence-electron chi connectivity index (χ4n) is 0.177. The van der Waals surface area contributed by atoms with E-state index >= 15 is 0 Å². The van der Waals surface area contributed by atoms with E-state index in [2.05, 4.69) is 20.8 Å². The second kappa shape index (κ2) is 29.9. The van der Waals surface area contributed by atoms with Crippen LogP contribution in [0.2, 0.25) is 0 Å². The van der Waals surface area contributed by atoms with E-state index in [0.29, 0.717) is 0 Å². The van der Waals surface area contributed by atoms with Crippen LogP contribution >= 0.6 is 0 Å². The van der Waals surface area contributed by atoms with Crippen LogP contribution in [0.5, 0.6) is 0 Å². The van der Waals surface area contributed by atoms with Crippen LogP contribution in [0.25, 0.3) is 0 Å². The van der Waals surface area contributed by atoms with Crippen LogP contribution in [0.15, 0.2) is 0 Å². The average molecular weight is 246 g/mol. The van der Waals surface area contributed by atoms with Gasteiger partial charge in [-0.15, -0.1) is 6.42 Å². The van der Waals surface area contributed by atoms with Crippen molar-refractivity contribution in [2.75, 3.05) is 0 Å². The Morgan fingerprint density at radius 1 is 1.17 bits per heavy atom. The van der Waals surface area contributed by atoms with E-state index < -0.39 is 0 Å². The molecule has 0 N–H and O–H groups in total. The van der Waals surface area contributed by atoms with Crippen LogP contribution in [0.4, 0.5) is 0 Å². The van der Waals surface area contributed by atoms with Gasteiger partial charge < -0.3 is 25.6 Å². The molecule has 0 aromatic heterocycles. The molecular formula is C10H21OY. The second-order valence-electron chi connectivity index (χ2n) is 1.76. The molecule has 0 bridgehead atoms. The Morgan fingerprint density at radius 2 is 1.33 bits per heavy atom. The molecule has 0 aliphatic rings. The van der Waals surface area contributed by atoms with E-state index in [4.69, 9.17) is 0 Å². The van der Waals surface area contributed by atoms with E-state index in [9.17, 15) is 4.79 Å². The zero-order valence-corrected chi connectivity index (χ0v) is 11.6. The molecule has 0 aromatic carbocycles. The summed E-state index contributed by atoms with van der Waals surface area (Å²) in [6, 6.07) is 0. The maximum absolute atomic E-state index is 9.33. The largest absolute Gasteiger partial charge is 3.00 e. The smallest absolute Gasteiger partial charge is 0.343 e. The molecule has 0 aliphatic carbocycles. The van der Waals surface area contributed by atoms with Gasteiger partial charge in [-0.3, -0.25) is 0 Å². The minimum atomic E-state index is -0.0833. The van der Waals surface area contributed by atoms with Gasteiger partial charge in [-0.1, -0.05) is 13.8 Å². The molecule has 0 saturated carbocycles. The monoisotopic (exact) mass is 246 g/mol. The third kappa shape index (κ3) is 142. The van der Waals surface area contributed by atoms with E-state index in [0.717, 1.165) is 12.8 Å². The minimum Gasteiger partial charge on any atom is -0.343 e. The molecule has 12 heavy (non-hydrogen) atoms. The van der Waals surface area contributed by atoms with Crippen molar-refractivity contribution >= 4 is 5.78 Å². The van der Waals surface area contributed by atoms with Gasteiger partial charge >= 0.3 is 32.7 Å². The molecule has 0 atom stereocenters. The van der Waals surface area contributed by atoms with Gasteiger partial charge in [0.05, 0.1) is 0 Å². The number of rotatable bonds is 2. The molecule has 0 fully saturated rings. The Kier molecular flexibility index (Phi) is 57.1. The van der Waals surface area contributed by atoms with Gasteiger partial charge in [-0.05, 0) is 12.7 Å². The third-order valence-electron chi connectivity index (χ3n) is 0.500. The standard InChI is InChI=1S/C5H10.C3H5O.C2H6.Y/c1-3-5-4-2;1-3(2)4;1-2;/h1-5H2;1H2,2H3;1-2H3;/q-2;-1;;+3. The van der Waals surface area contributed by atoms with Crippen molar-refractivity contribution in [3.8, 4) is 0 Å². The summed E-state index contributed by atoms with van der Waals surface area (Å²) >= 11 is 0. The van der Waals surface area contributed by atoms with Crippen LogP contribution in [0, 0.1) is 20.8 Å². The second-order valence-corrected chi connectivity index (χ2v) is 1.76. The number of carbonyl (C=O) groups excluding carboxylic acids is 1. The van der Waals surface area contributed by atoms with Gasteiger partial charge in [0.15, 0.2) is 0 Å². The number of Topliss-reactive ketones (excluding diaryl/α,β-unsaturated/α-hetero) is 1. The predicted octanol–water partition coefficient (Wildman–Crippen LogP) is 3.26. The first-order chi connectivity index (χ1) is 5.15.